The van der Waals surface area contributed by atoms with E-state index in [-0.39, 0.29) is 16.2 Å². The molecule has 0 bridgehead atoms. The van der Waals surface area contributed by atoms with Gasteiger partial charge in [0.05, 0.1) is 27.6 Å². The van der Waals surface area contributed by atoms with Crippen LogP contribution in [0.2, 0.25) is 0 Å². The summed E-state index contributed by atoms with van der Waals surface area (Å²) in [5.74, 6) is -0.0877. The number of rotatable bonds is 5. The van der Waals surface area contributed by atoms with Crippen molar-refractivity contribution in [3.63, 3.8) is 0 Å². The van der Waals surface area contributed by atoms with E-state index in [1.54, 1.807) is 29.8 Å². The first kappa shape index (κ1) is 17.9. The highest BCUT2D eigenvalue weighted by molar-refractivity contribution is 7.91. The van der Waals surface area contributed by atoms with Gasteiger partial charge in [-0.25, -0.2) is 13.1 Å². The van der Waals surface area contributed by atoms with Crippen LogP contribution >= 0.6 is 0 Å². The van der Waals surface area contributed by atoms with Gasteiger partial charge in [0.2, 0.25) is 0 Å². The van der Waals surface area contributed by atoms with Gasteiger partial charge >= 0.3 is 0 Å². The van der Waals surface area contributed by atoms with E-state index in [1.807, 2.05) is 37.3 Å². The maximum Gasteiger partial charge on any atom is 0.258 e. The molecule has 0 fully saturated rings. The van der Waals surface area contributed by atoms with Crippen molar-refractivity contribution in [3.8, 4) is 5.69 Å². The Labute approximate surface area is 152 Å². The van der Waals surface area contributed by atoms with Crippen molar-refractivity contribution < 1.29 is 13.2 Å². The fraction of sp³-hybridized carbons (Fsp3) is 0.158. The maximum atomic E-state index is 12.8. The van der Waals surface area contributed by atoms with Gasteiger partial charge in [-0.05, 0) is 31.2 Å². The molecule has 134 valence electrons. The molecule has 0 unspecified atom stereocenters. The Hall–Kier alpha value is -2.93. The molecule has 0 aliphatic rings. The number of carbonyl (C=O) groups excluding carboxylic acids is 1. The van der Waals surface area contributed by atoms with Gasteiger partial charge in [0.15, 0.2) is 9.84 Å². The zero-order valence-corrected chi connectivity index (χ0v) is 15.3. The molecule has 0 saturated carbocycles. The lowest BCUT2D eigenvalue weighted by Crippen LogP contribution is -2.19. The number of amides is 1. The van der Waals surface area contributed by atoms with Gasteiger partial charge in [-0.15, -0.1) is 0 Å². The maximum absolute atomic E-state index is 12.8. The number of carbonyl (C=O) groups is 1. The zero-order chi connectivity index (χ0) is 18.7. The molecule has 0 atom stereocenters. The molecule has 0 aliphatic heterocycles. The fourth-order valence-electron chi connectivity index (χ4n) is 2.62. The van der Waals surface area contributed by atoms with Crippen LogP contribution in [0.3, 0.4) is 0 Å². The number of hydrogen-bond donors (Lipinski definition) is 1. The minimum Gasteiger partial charge on any atom is -0.306 e. The minimum absolute atomic E-state index is 0.0301. The van der Waals surface area contributed by atoms with Crippen LogP contribution in [0.4, 0.5) is 5.82 Å². The van der Waals surface area contributed by atoms with E-state index < -0.39 is 15.7 Å². The van der Waals surface area contributed by atoms with Gasteiger partial charge in [-0.3, -0.25) is 4.79 Å². The molecule has 7 heteroatoms. The first-order valence-corrected chi connectivity index (χ1v) is 9.83. The fourth-order valence-corrected chi connectivity index (χ4v) is 3.71. The molecule has 0 saturated heterocycles. The normalized spacial score (nSPS) is 11.3. The van der Waals surface area contributed by atoms with Crippen molar-refractivity contribution in [1.29, 1.82) is 0 Å². The number of para-hydroxylation sites is 1. The summed E-state index contributed by atoms with van der Waals surface area (Å²) in [4.78, 5) is 12.8. The Balaban J connectivity index is 1.99. The molecule has 0 aliphatic carbocycles. The van der Waals surface area contributed by atoms with Crippen molar-refractivity contribution in [3.05, 3.63) is 71.9 Å². The molecule has 3 rings (SSSR count). The summed E-state index contributed by atoms with van der Waals surface area (Å²) >= 11 is 0. The molecule has 1 aromatic heterocycles. The molecule has 1 heterocycles. The van der Waals surface area contributed by atoms with E-state index >= 15 is 0 Å². The molecule has 0 radical (unpaired) electrons. The third-order valence-electron chi connectivity index (χ3n) is 3.92. The predicted molar refractivity (Wildman–Crippen MR) is 100 cm³/mol. The summed E-state index contributed by atoms with van der Waals surface area (Å²) in [6.45, 7) is 3.38. The Bertz CT molecular complexity index is 1040. The Kier molecular flexibility index (Phi) is 4.90. The second-order valence-electron chi connectivity index (χ2n) is 5.77. The highest BCUT2D eigenvalue weighted by Crippen LogP contribution is 2.21. The van der Waals surface area contributed by atoms with Crippen LogP contribution < -0.4 is 5.32 Å². The third kappa shape index (κ3) is 3.52. The molecule has 1 amide bonds. The number of anilines is 1. The van der Waals surface area contributed by atoms with Gasteiger partial charge in [-0.2, -0.15) is 5.10 Å². The molecule has 1 N–H and O–H groups in total. The molecule has 6 nitrogen and oxygen atoms in total. The summed E-state index contributed by atoms with van der Waals surface area (Å²) in [5.41, 5.74) is 1.65. The molecular weight excluding hydrogens is 350 g/mol. The molecule has 0 spiro atoms. The Morgan fingerprint density at radius 3 is 2.42 bits per heavy atom. The first-order valence-electron chi connectivity index (χ1n) is 8.17. The molecule has 2 aromatic carbocycles. The number of nitrogens with zero attached hydrogens (tertiary/aromatic N) is 2. The summed E-state index contributed by atoms with van der Waals surface area (Å²) in [6, 6.07) is 17.3. The second-order valence-corrected chi connectivity index (χ2v) is 8.02. The van der Waals surface area contributed by atoms with E-state index in [1.165, 1.54) is 12.1 Å². The van der Waals surface area contributed by atoms with Crippen molar-refractivity contribution >= 4 is 21.6 Å². The zero-order valence-electron chi connectivity index (χ0n) is 14.5. The number of hydrogen-bond acceptors (Lipinski definition) is 4. The summed E-state index contributed by atoms with van der Waals surface area (Å²) < 4.78 is 26.2. The predicted octanol–water partition coefficient (Wildman–Crippen LogP) is 3.23. The smallest absolute Gasteiger partial charge is 0.258 e. The number of aryl methyl sites for hydroxylation is 1. The quantitative estimate of drug-likeness (QED) is 0.749. The highest BCUT2D eigenvalue weighted by Gasteiger charge is 2.21. The van der Waals surface area contributed by atoms with Gasteiger partial charge < -0.3 is 5.32 Å². The lowest BCUT2D eigenvalue weighted by atomic mass is 10.2. The van der Waals surface area contributed by atoms with Gasteiger partial charge in [0.1, 0.15) is 5.82 Å². The van der Waals surface area contributed by atoms with Gasteiger partial charge in [-0.1, -0.05) is 37.3 Å². The van der Waals surface area contributed by atoms with E-state index in [4.69, 9.17) is 0 Å². The number of sulfone groups is 1. The van der Waals surface area contributed by atoms with E-state index in [0.717, 1.165) is 11.4 Å². The van der Waals surface area contributed by atoms with Gasteiger partial charge in [0.25, 0.3) is 5.91 Å². The van der Waals surface area contributed by atoms with Crippen molar-refractivity contribution in [2.45, 2.75) is 18.7 Å². The second kappa shape index (κ2) is 7.13. The average Bonchev–Trinajstić information content (AvgIpc) is 3.02. The van der Waals surface area contributed by atoms with Crippen molar-refractivity contribution in [1.82, 2.24) is 9.78 Å². The highest BCUT2D eigenvalue weighted by atomic mass is 32.2. The van der Waals surface area contributed by atoms with Crippen LogP contribution in [0, 0.1) is 6.92 Å². The van der Waals surface area contributed by atoms with Crippen LogP contribution in [0.5, 0.6) is 0 Å². The van der Waals surface area contributed by atoms with Crippen LogP contribution in [0.15, 0.2) is 65.6 Å². The Morgan fingerprint density at radius 1 is 1.08 bits per heavy atom. The lowest BCUT2D eigenvalue weighted by Gasteiger charge is -2.11. The number of nitrogens with one attached hydrogen (secondary N) is 1. The van der Waals surface area contributed by atoms with E-state index in [0.29, 0.717) is 5.82 Å². The van der Waals surface area contributed by atoms with Crippen LogP contribution in [-0.4, -0.2) is 29.9 Å². The van der Waals surface area contributed by atoms with Crippen LogP contribution in [-0.2, 0) is 9.84 Å². The van der Waals surface area contributed by atoms with E-state index in [9.17, 15) is 13.2 Å². The molecular formula is C19H19N3O3S. The summed E-state index contributed by atoms with van der Waals surface area (Å²) in [5, 5.41) is 7.18. The lowest BCUT2D eigenvalue weighted by molar-refractivity contribution is 0.102. The largest absolute Gasteiger partial charge is 0.306 e. The van der Waals surface area contributed by atoms with Crippen molar-refractivity contribution in [2.75, 3.05) is 11.1 Å². The SMILES string of the molecule is CCS(=O)(=O)c1ccccc1C(=O)Nc1cc(C)nn1-c1ccccc1. The molecule has 26 heavy (non-hydrogen) atoms. The number of benzene rings is 2. The van der Waals surface area contributed by atoms with Crippen molar-refractivity contribution in [2.24, 2.45) is 0 Å². The number of aromatic nitrogens is 2. The van der Waals surface area contributed by atoms with E-state index in [2.05, 4.69) is 10.4 Å². The Morgan fingerprint density at radius 2 is 1.73 bits per heavy atom. The van der Waals surface area contributed by atoms with Crippen LogP contribution in [0.25, 0.3) is 5.69 Å². The first-order chi connectivity index (χ1) is 12.4. The standard InChI is InChI=1S/C19H19N3O3S/c1-3-26(24,25)17-12-8-7-11-16(17)19(23)20-18-13-14(2)21-22(18)15-9-5-4-6-10-15/h4-13H,3H2,1-2H3,(H,20,23). The minimum atomic E-state index is -3.51. The molecule has 3 aromatic rings. The summed E-state index contributed by atoms with van der Waals surface area (Å²) in [7, 11) is -3.51. The summed E-state index contributed by atoms with van der Waals surface area (Å²) in [6.07, 6.45) is 0. The third-order valence-corrected chi connectivity index (χ3v) is 5.71. The van der Waals surface area contributed by atoms with Gasteiger partial charge in [0, 0.05) is 6.07 Å². The monoisotopic (exact) mass is 369 g/mol. The topological polar surface area (TPSA) is 81.1 Å². The van der Waals surface area contributed by atoms with Crippen LogP contribution in [0.1, 0.15) is 23.0 Å². The average molecular weight is 369 g/mol.